The van der Waals surface area contributed by atoms with E-state index < -0.39 is 0 Å². The van der Waals surface area contributed by atoms with Crippen LogP contribution in [-0.4, -0.2) is 23.1 Å². The summed E-state index contributed by atoms with van der Waals surface area (Å²) in [5.74, 6) is 0.609. The second kappa shape index (κ2) is 6.80. The molecule has 2 bridgehead atoms. The summed E-state index contributed by atoms with van der Waals surface area (Å²) >= 11 is 0. The van der Waals surface area contributed by atoms with Crippen LogP contribution < -0.4 is 10.1 Å². The number of nitrogens with one attached hydrogen (secondary N) is 1. The zero-order valence-electron chi connectivity index (χ0n) is 13.7. The molecule has 0 radical (unpaired) electrons. The molecule has 3 atom stereocenters. The molecule has 130 valence electrons. The van der Waals surface area contributed by atoms with E-state index in [1.165, 1.54) is 12.1 Å². The first kappa shape index (κ1) is 16.0. The van der Waals surface area contributed by atoms with Crippen LogP contribution in [0.25, 0.3) is 0 Å². The zero-order valence-corrected chi connectivity index (χ0v) is 13.7. The maximum atomic E-state index is 12.9. The summed E-state index contributed by atoms with van der Waals surface area (Å²) in [4.78, 5) is 16.5. The number of fused-ring (bicyclic) bond motifs is 2. The monoisotopic (exact) mass is 342 g/mol. The van der Waals surface area contributed by atoms with Crippen LogP contribution in [0.2, 0.25) is 0 Å². The number of rotatable bonds is 5. The van der Waals surface area contributed by atoms with Crippen LogP contribution >= 0.6 is 0 Å². The minimum atomic E-state index is -0.318. The Kier molecular flexibility index (Phi) is 4.36. The highest BCUT2D eigenvalue weighted by atomic mass is 19.1. The lowest BCUT2D eigenvalue weighted by molar-refractivity contribution is -0.126. The molecule has 0 saturated carbocycles. The molecule has 0 aliphatic carbocycles. The van der Waals surface area contributed by atoms with Gasteiger partial charge in [-0.05, 0) is 55.2 Å². The maximum Gasteiger partial charge on any atom is 0.226 e. The van der Waals surface area contributed by atoms with Crippen LogP contribution in [0.1, 0.15) is 24.8 Å². The molecule has 1 aromatic heterocycles. The SMILES string of the molecule is O=C(NCc1ccnc(Oc2ccc(F)cc2)c1)[C@@H]1C[C@H]2CC[C@@H]1O2. The number of carbonyl (C=O) groups excluding carboxylic acids is 1. The topological polar surface area (TPSA) is 60.5 Å². The van der Waals surface area contributed by atoms with Crippen LogP contribution in [0, 0.1) is 11.7 Å². The first-order chi connectivity index (χ1) is 12.2. The molecule has 6 heteroatoms. The van der Waals surface area contributed by atoms with Crippen molar-refractivity contribution in [2.24, 2.45) is 5.92 Å². The Morgan fingerprint density at radius 1 is 1.28 bits per heavy atom. The van der Waals surface area contributed by atoms with Crippen molar-refractivity contribution in [3.8, 4) is 11.6 Å². The van der Waals surface area contributed by atoms with E-state index in [1.54, 1.807) is 24.4 Å². The Morgan fingerprint density at radius 3 is 2.84 bits per heavy atom. The molecule has 2 aromatic rings. The Bertz CT molecular complexity index is 766. The van der Waals surface area contributed by atoms with Gasteiger partial charge in [-0.1, -0.05) is 0 Å². The summed E-state index contributed by atoms with van der Waals surface area (Å²) in [5.41, 5.74) is 0.893. The number of carbonyl (C=O) groups is 1. The highest BCUT2D eigenvalue weighted by molar-refractivity contribution is 5.79. The van der Waals surface area contributed by atoms with E-state index >= 15 is 0 Å². The van der Waals surface area contributed by atoms with E-state index in [2.05, 4.69) is 10.3 Å². The van der Waals surface area contributed by atoms with E-state index in [9.17, 15) is 9.18 Å². The molecule has 0 unspecified atom stereocenters. The Labute approximate surface area is 145 Å². The van der Waals surface area contributed by atoms with E-state index in [4.69, 9.17) is 9.47 Å². The van der Waals surface area contributed by atoms with E-state index in [1.807, 2.05) is 6.07 Å². The molecule has 2 fully saturated rings. The van der Waals surface area contributed by atoms with Crippen LogP contribution in [0.5, 0.6) is 11.6 Å². The third-order valence-electron chi connectivity index (χ3n) is 4.74. The summed E-state index contributed by atoms with van der Waals surface area (Å²) in [6.45, 7) is 0.412. The largest absolute Gasteiger partial charge is 0.439 e. The van der Waals surface area contributed by atoms with Gasteiger partial charge < -0.3 is 14.8 Å². The van der Waals surface area contributed by atoms with Gasteiger partial charge in [0, 0.05) is 18.8 Å². The van der Waals surface area contributed by atoms with Crippen molar-refractivity contribution in [3.05, 3.63) is 54.0 Å². The van der Waals surface area contributed by atoms with Gasteiger partial charge in [-0.15, -0.1) is 0 Å². The second-order valence-corrected chi connectivity index (χ2v) is 6.49. The van der Waals surface area contributed by atoms with E-state index in [-0.39, 0.29) is 29.9 Å². The summed E-state index contributed by atoms with van der Waals surface area (Å²) in [6, 6.07) is 9.34. The van der Waals surface area contributed by atoms with Crippen molar-refractivity contribution in [1.29, 1.82) is 0 Å². The number of benzene rings is 1. The first-order valence-electron chi connectivity index (χ1n) is 8.49. The van der Waals surface area contributed by atoms with Crippen LogP contribution in [-0.2, 0) is 16.1 Å². The molecule has 5 nitrogen and oxygen atoms in total. The lowest BCUT2D eigenvalue weighted by Gasteiger charge is -2.18. The number of halogens is 1. The third-order valence-corrected chi connectivity index (χ3v) is 4.74. The highest BCUT2D eigenvalue weighted by Gasteiger charge is 2.44. The van der Waals surface area contributed by atoms with Crippen LogP contribution in [0.3, 0.4) is 0 Å². The predicted octanol–water partition coefficient (Wildman–Crippen LogP) is 3.20. The molecule has 1 amide bonds. The fraction of sp³-hybridized carbons (Fsp3) is 0.368. The van der Waals surface area contributed by atoms with E-state index in [0.717, 1.165) is 24.8 Å². The van der Waals surface area contributed by atoms with Gasteiger partial charge in [0.25, 0.3) is 0 Å². The van der Waals surface area contributed by atoms with Crippen molar-refractivity contribution in [3.63, 3.8) is 0 Å². The number of hydrogen-bond donors (Lipinski definition) is 1. The fourth-order valence-electron chi connectivity index (χ4n) is 3.47. The predicted molar refractivity (Wildman–Crippen MR) is 88.6 cm³/mol. The number of ether oxygens (including phenoxy) is 2. The van der Waals surface area contributed by atoms with Gasteiger partial charge >= 0.3 is 0 Å². The van der Waals surface area contributed by atoms with Gasteiger partial charge in [0.2, 0.25) is 11.8 Å². The maximum absolute atomic E-state index is 12.9. The molecule has 0 spiro atoms. The number of amides is 1. The lowest BCUT2D eigenvalue weighted by Crippen LogP contribution is -2.35. The van der Waals surface area contributed by atoms with Crippen LogP contribution in [0.4, 0.5) is 4.39 Å². The molecule has 3 heterocycles. The lowest BCUT2D eigenvalue weighted by atomic mass is 9.88. The molecule has 2 aliphatic rings. The molecule has 25 heavy (non-hydrogen) atoms. The number of nitrogens with zero attached hydrogens (tertiary/aromatic N) is 1. The average Bonchev–Trinajstić information content (AvgIpc) is 3.25. The second-order valence-electron chi connectivity index (χ2n) is 6.49. The quantitative estimate of drug-likeness (QED) is 0.906. The van der Waals surface area contributed by atoms with Crippen molar-refractivity contribution >= 4 is 5.91 Å². The number of pyridine rings is 1. The fourth-order valence-corrected chi connectivity index (χ4v) is 3.47. The molecule has 2 saturated heterocycles. The van der Waals surface area contributed by atoms with Gasteiger partial charge in [-0.3, -0.25) is 4.79 Å². The molecule has 1 N–H and O–H groups in total. The van der Waals surface area contributed by atoms with Crippen molar-refractivity contribution in [2.45, 2.75) is 38.0 Å². The average molecular weight is 342 g/mol. The highest BCUT2D eigenvalue weighted by Crippen LogP contribution is 2.38. The summed E-state index contributed by atoms with van der Waals surface area (Å²) in [6.07, 6.45) is 4.85. The van der Waals surface area contributed by atoms with E-state index in [0.29, 0.717) is 18.2 Å². The summed E-state index contributed by atoms with van der Waals surface area (Å²) in [5, 5.41) is 2.97. The van der Waals surface area contributed by atoms with Crippen LogP contribution in [0.15, 0.2) is 42.6 Å². The van der Waals surface area contributed by atoms with Gasteiger partial charge in [0.1, 0.15) is 11.6 Å². The van der Waals surface area contributed by atoms with Crippen molar-refractivity contribution in [1.82, 2.24) is 10.3 Å². The molecular formula is C19H19FN2O3. The zero-order chi connectivity index (χ0) is 17.2. The molecule has 1 aromatic carbocycles. The van der Waals surface area contributed by atoms with Crippen molar-refractivity contribution in [2.75, 3.05) is 0 Å². The minimum absolute atomic E-state index is 0.0319. The van der Waals surface area contributed by atoms with Gasteiger partial charge in [-0.2, -0.15) is 0 Å². The first-order valence-corrected chi connectivity index (χ1v) is 8.49. The smallest absolute Gasteiger partial charge is 0.226 e. The number of hydrogen-bond acceptors (Lipinski definition) is 4. The Morgan fingerprint density at radius 2 is 2.12 bits per heavy atom. The molecule has 2 aliphatic heterocycles. The van der Waals surface area contributed by atoms with Gasteiger partial charge in [-0.25, -0.2) is 9.37 Å². The van der Waals surface area contributed by atoms with Crippen molar-refractivity contribution < 1.29 is 18.7 Å². The third kappa shape index (κ3) is 3.64. The summed E-state index contributed by atoms with van der Waals surface area (Å²) < 4.78 is 24.3. The van der Waals surface area contributed by atoms with Gasteiger partial charge in [0.15, 0.2) is 0 Å². The Hall–Kier alpha value is -2.47. The standard InChI is InChI=1S/C19H19FN2O3/c20-13-1-3-14(4-2-13)25-18-9-12(7-8-21-18)11-22-19(23)16-10-15-5-6-17(16)24-15/h1-4,7-9,15-17H,5-6,10-11H2,(H,22,23)/t15-,16-,17+/m1/s1. The number of aromatic nitrogens is 1. The molecule has 4 rings (SSSR count). The normalized spacial score (nSPS) is 24.3. The molecular weight excluding hydrogens is 323 g/mol. The minimum Gasteiger partial charge on any atom is -0.439 e. The summed E-state index contributed by atoms with van der Waals surface area (Å²) in [7, 11) is 0. The Balaban J connectivity index is 1.35. The van der Waals surface area contributed by atoms with Gasteiger partial charge in [0.05, 0.1) is 18.1 Å².